The number of rotatable bonds is 5. The lowest BCUT2D eigenvalue weighted by Crippen LogP contribution is -2.56. The van der Waals surface area contributed by atoms with Crippen molar-refractivity contribution in [3.8, 4) is 0 Å². The normalized spacial score (nSPS) is 30.2. The zero-order valence-corrected chi connectivity index (χ0v) is 23.9. The van der Waals surface area contributed by atoms with Crippen molar-refractivity contribution in [2.75, 3.05) is 29.5 Å². The van der Waals surface area contributed by atoms with Crippen LogP contribution in [0.5, 0.6) is 0 Å². The first kappa shape index (κ1) is 26.8. The fraction of sp³-hybridized carbons (Fsp3) is 0.406. The van der Waals surface area contributed by atoms with Crippen LogP contribution in [0.4, 0.5) is 11.4 Å². The maximum atomic E-state index is 14.6. The largest absolute Gasteiger partial charge is 0.394 e. The molecular formula is C32H35N3O4S. The Bertz CT molecular complexity index is 1400. The third-order valence-corrected chi connectivity index (χ3v) is 10.6. The first-order valence-corrected chi connectivity index (χ1v) is 14.9. The van der Waals surface area contributed by atoms with Gasteiger partial charge < -0.3 is 19.8 Å². The number of para-hydroxylation sites is 1. The first-order valence-electron chi connectivity index (χ1n) is 14.0. The van der Waals surface area contributed by atoms with Crippen LogP contribution >= 0.6 is 11.8 Å². The van der Waals surface area contributed by atoms with Gasteiger partial charge in [-0.1, -0.05) is 61.6 Å². The molecule has 4 aliphatic heterocycles. The highest BCUT2D eigenvalue weighted by Gasteiger charge is 2.71. The topological polar surface area (TPSA) is 81.2 Å². The second-order valence-corrected chi connectivity index (χ2v) is 12.7. The Morgan fingerprint density at radius 3 is 2.45 bits per heavy atom. The molecule has 0 bridgehead atoms. The van der Waals surface area contributed by atoms with E-state index in [2.05, 4.69) is 0 Å². The van der Waals surface area contributed by atoms with Gasteiger partial charge in [-0.25, -0.2) is 0 Å². The molecule has 3 amide bonds. The lowest BCUT2D eigenvalue weighted by molar-refractivity contribution is -0.141. The van der Waals surface area contributed by atoms with E-state index in [0.29, 0.717) is 19.5 Å². The third-order valence-electron chi connectivity index (χ3n) is 8.90. The summed E-state index contributed by atoms with van der Waals surface area (Å²) in [5, 5.41) is 10.1. The van der Waals surface area contributed by atoms with Crippen LogP contribution in [0, 0.1) is 25.7 Å². The zero-order chi connectivity index (χ0) is 28.2. The van der Waals surface area contributed by atoms with Crippen LogP contribution in [0.3, 0.4) is 0 Å². The summed E-state index contributed by atoms with van der Waals surface area (Å²) in [5.74, 6) is -1.82. The number of aliphatic hydroxyl groups excluding tert-OH is 1. The van der Waals surface area contributed by atoms with Crippen LogP contribution in [-0.2, 0) is 14.4 Å². The third kappa shape index (κ3) is 3.95. The van der Waals surface area contributed by atoms with Gasteiger partial charge in [-0.15, -0.1) is 11.8 Å². The van der Waals surface area contributed by atoms with Gasteiger partial charge in [-0.3, -0.25) is 14.4 Å². The van der Waals surface area contributed by atoms with Crippen LogP contribution in [0.1, 0.15) is 24.5 Å². The lowest BCUT2D eigenvalue weighted by Gasteiger charge is -2.38. The molecule has 208 valence electrons. The number of nitrogens with zero attached hydrogens (tertiary/aromatic N) is 3. The Morgan fingerprint density at radius 2 is 1.73 bits per heavy atom. The fourth-order valence-corrected chi connectivity index (χ4v) is 8.94. The number of fused-ring (bicyclic) bond motifs is 2. The maximum Gasteiger partial charge on any atom is 0.251 e. The molecule has 8 heteroatoms. The Morgan fingerprint density at radius 1 is 0.975 bits per heavy atom. The number of likely N-dealkylation sites (tertiary alicyclic amines) is 1. The van der Waals surface area contributed by atoms with Crippen molar-refractivity contribution in [3.05, 3.63) is 84.0 Å². The van der Waals surface area contributed by atoms with Crippen LogP contribution < -0.4 is 9.80 Å². The minimum absolute atomic E-state index is 0.0990. The summed E-state index contributed by atoms with van der Waals surface area (Å²) in [7, 11) is 0. The van der Waals surface area contributed by atoms with E-state index in [0.717, 1.165) is 22.5 Å². The molecule has 2 aromatic rings. The molecular weight excluding hydrogens is 522 g/mol. The SMILES string of the molecule is CC[C@@H](CO)N1C(=O)[C@@H]2[C@@H]3C(=O)N(c4ccccc4)CC=C[C@@H]3S[C@@]23C=CCN(c2cc(C)ccc2C)C(=O)C13. The van der Waals surface area contributed by atoms with Crippen LogP contribution in [0.15, 0.2) is 72.8 Å². The average molecular weight is 558 g/mol. The molecule has 2 fully saturated rings. The number of carbonyl (C=O) groups excluding carboxylic acids is 3. The van der Waals surface area contributed by atoms with E-state index in [9.17, 15) is 19.5 Å². The first-order chi connectivity index (χ1) is 19.3. The highest BCUT2D eigenvalue weighted by atomic mass is 32.2. The molecule has 6 rings (SSSR count). The fourth-order valence-electron chi connectivity index (χ4n) is 6.95. The van der Waals surface area contributed by atoms with E-state index in [4.69, 9.17) is 0 Å². The van der Waals surface area contributed by atoms with Crippen molar-refractivity contribution in [2.45, 2.75) is 49.3 Å². The molecule has 1 N–H and O–H groups in total. The predicted octanol–water partition coefficient (Wildman–Crippen LogP) is 3.88. The number of thioether (sulfide) groups is 1. The molecule has 2 saturated heterocycles. The van der Waals surface area contributed by atoms with Gasteiger partial charge in [-0.05, 0) is 49.6 Å². The number of aliphatic hydroxyl groups is 1. The smallest absolute Gasteiger partial charge is 0.251 e. The van der Waals surface area contributed by atoms with Crippen LogP contribution in [0.2, 0.25) is 0 Å². The van der Waals surface area contributed by atoms with Gasteiger partial charge in [0.2, 0.25) is 11.8 Å². The monoisotopic (exact) mass is 557 g/mol. The van der Waals surface area contributed by atoms with Gasteiger partial charge in [0.15, 0.2) is 0 Å². The second-order valence-electron chi connectivity index (χ2n) is 11.2. The van der Waals surface area contributed by atoms with Gasteiger partial charge in [0.1, 0.15) is 6.04 Å². The molecule has 6 atom stereocenters. The molecule has 4 heterocycles. The number of amides is 3. The summed E-state index contributed by atoms with van der Waals surface area (Å²) < 4.78 is -0.918. The summed E-state index contributed by atoms with van der Waals surface area (Å²) in [4.78, 5) is 48.5. The van der Waals surface area contributed by atoms with Crippen molar-refractivity contribution in [1.82, 2.24) is 4.90 Å². The lowest BCUT2D eigenvalue weighted by atomic mass is 9.78. The van der Waals surface area contributed by atoms with Gasteiger partial charge in [0, 0.05) is 29.7 Å². The van der Waals surface area contributed by atoms with Crippen molar-refractivity contribution in [2.24, 2.45) is 11.8 Å². The summed E-state index contributed by atoms with van der Waals surface area (Å²) in [5.41, 5.74) is 3.64. The predicted molar refractivity (Wildman–Crippen MR) is 158 cm³/mol. The minimum Gasteiger partial charge on any atom is -0.394 e. The molecule has 40 heavy (non-hydrogen) atoms. The highest BCUT2D eigenvalue weighted by Crippen LogP contribution is 2.61. The summed E-state index contributed by atoms with van der Waals surface area (Å²) >= 11 is 1.57. The van der Waals surface area contributed by atoms with Gasteiger partial charge >= 0.3 is 0 Å². The summed E-state index contributed by atoms with van der Waals surface area (Å²) in [6.07, 6.45) is 8.58. The molecule has 1 spiro atoms. The Balaban J connectivity index is 1.48. The minimum atomic E-state index is -0.918. The zero-order valence-electron chi connectivity index (χ0n) is 23.1. The van der Waals surface area contributed by atoms with Gasteiger partial charge in [0.05, 0.1) is 29.2 Å². The van der Waals surface area contributed by atoms with E-state index < -0.39 is 28.7 Å². The van der Waals surface area contributed by atoms with E-state index >= 15 is 0 Å². The number of benzene rings is 2. The number of hydrogen-bond donors (Lipinski definition) is 1. The van der Waals surface area contributed by atoms with E-state index in [1.807, 2.05) is 93.6 Å². The average Bonchev–Trinajstić information content (AvgIpc) is 3.27. The summed E-state index contributed by atoms with van der Waals surface area (Å²) in [6, 6.07) is 14.2. The van der Waals surface area contributed by atoms with Crippen LogP contribution in [-0.4, -0.2) is 69.5 Å². The molecule has 0 aromatic heterocycles. The van der Waals surface area contributed by atoms with E-state index in [1.54, 1.807) is 26.5 Å². The molecule has 2 aromatic carbocycles. The van der Waals surface area contributed by atoms with Crippen molar-refractivity contribution < 1.29 is 19.5 Å². The molecule has 0 aliphatic carbocycles. The Labute approximate surface area is 239 Å². The Kier molecular flexibility index (Phi) is 6.87. The van der Waals surface area contributed by atoms with E-state index in [-0.39, 0.29) is 29.6 Å². The van der Waals surface area contributed by atoms with Crippen molar-refractivity contribution in [3.63, 3.8) is 0 Å². The number of anilines is 2. The quantitative estimate of drug-likeness (QED) is 0.565. The Hall–Kier alpha value is -3.36. The standard InChI is InChI=1S/C32H35N3O4S/c1-4-22(19-36)35-28-31(39)34(24-18-20(2)13-14-21(24)3)17-9-15-32(28)27(30(35)38)26-25(40-32)12-8-16-33(29(26)37)23-10-6-5-7-11-23/h5-15,18,22,25-28,36H,4,16-17,19H2,1-3H3/t22-,25-,26+,27-,28?,32-/m0/s1. The van der Waals surface area contributed by atoms with Crippen LogP contribution in [0.25, 0.3) is 0 Å². The second kappa shape index (κ2) is 10.2. The number of aryl methyl sites for hydroxylation is 2. The van der Waals surface area contributed by atoms with Crippen molar-refractivity contribution in [1.29, 1.82) is 0 Å². The van der Waals surface area contributed by atoms with Gasteiger partial charge in [-0.2, -0.15) is 0 Å². The van der Waals surface area contributed by atoms with E-state index in [1.165, 1.54) is 0 Å². The molecule has 7 nitrogen and oxygen atoms in total. The maximum absolute atomic E-state index is 14.6. The molecule has 4 aliphatic rings. The van der Waals surface area contributed by atoms with Gasteiger partial charge in [0.25, 0.3) is 5.91 Å². The number of hydrogen-bond acceptors (Lipinski definition) is 5. The molecule has 0 saturated carbocycles. The summed E-state index contributed by atoms with van der Waals surface area (Å²) in [6.45, 7) is 6.47. The molecule has 0 radical (unpaired) electrons. The van der Waals surface area contributed by atoms with Crippen molar-refractivity contribution >= 4 is 40.9 Å². The number of carbonyl (C=O) groups is 3. The molecule has 1 unspecified atom stereocenters. The highest BCUT2D eigenvalue weighted by molar-refractivity contribution is 8.02.